The van der Waals surface area contributed by atoms with Crippen LogP contribution in [-0.4, -0.2) is 23.4 Å². The second-order valence-electron chi connectivity index (χ2n) is 5.24. The Bertz CT molecular complexity index is 499. The van der Waals surface area contributed by atoms with Gasteiger partial charge >= 0.3 is 0 Å². The average Bonchev–Trinajstić information content (AvgIpc) is 2.44. The molecule has 0 unspecified atom stereocenters. The second kappa shape index (κ2) is 6.20. The van der Waals surface area contributed by atoms with Crippen LogP contribution in [0, 0.1) is 11.6 Å². The van der Waals surface area contributed by atoms with Crippen molar-refractivity contribution >= 4 is 11.6 Å². The van der Waals surface area contributed by atoms with Gasteiger partial charge in [0.2, 0.25) is 0 Å². The number of benzene rings is 1. The first-order chi connectivity index (χ1) is 9.54. The third kappa shape index (κ3) is 2.92. The summed E-state index contributed by atoms with van der Waals surface area (Å²) >= 11 is 0. The molecule has 2 N–H and O–H groups in total. The van der Waals surface area contributed by atoms with Crippen LogP contribution in [0.3, 0.4) is 0 Å². The number of carbonyl (C=O) groups excluding carboxylic acids is 1. The lowest BCUT2D eigenvalue weighted by Gasteiger charge is -2.33. The Hall–Kier alpha value is -1.65. The quantitative estimate of drug-likeness (QED) is 0.864. The first-order valence-electron chi connectivity index (χ1n) is 7.10. The van der Waals surface area contributed by atoms with Crippen molar-refractivity contribution in [3.8, 4) is 0 Å². The molecule has 0 aliphatic heterocycles. The van der Waals surface area contributed by atoms with E-state index in [1.165, 1.54) is 6.42 Å². The van der Waals surface area contributed by atoms with Gasteiger partial charge in [-0.3, -0.25) is 4.79 Å². The van der Waals surface area contributed by atoms with Gasteiger partial charge < -0.3 is 10.6 Å². The summed E-state index contributed by atoms with van der Waals surface area (Å²) in [4.78, 5) is 14.1. The number of anilines is 1. The van der Waals surface area contributed by atoms with Gasteiger partial charge in [0.25, 0.3) is 5.91 Å². The summed E-state index contributed by atoms with van der Waals surface area (Å²) in [7, 11) is 0. The molecule has 110 valence electrons. The predicted molar refractivity (Wildman–Crippen MR) is 74.4 cm³/mol. The minimum absolute atomic E-state index is 0.116. The lowest BCUT2D eigenvalue weighted by molar-refractivity contribution is 0.0642. The molecule has 0 radical (unpaired) electrons. The van der Waals surface area contributed by atoms with E-state index in [0.717, 1.165) is 37.8 Å². The molecular weight excluding hydrogens is 262 g/mol. The van der Waals surface area contributed by atoms with E-state index in [-0.39, 0.29) is 17.3 Å². The van der Waals surface area contributed by atoms with Crippen molar-refractivity contribution in [2.45, 2.75) is 45.1 Å². The van der Waals surface area contributed by atoms with Crippen molar-refractivity contribution in [2.75, 3.05) is 12.3 Å². The summed E-state index contributed by atoms with van der Waals surface area (Å²) < 4.78 is 27.3. The molecule has 1 saturated carbocycles. The number of hydrogen-bond donors (Lipinski definition) is 1. The van der Waals surface area contributed by atoms with E-state index in [9.17, 15) is 13.6 Å². The van der Waals surface area contributed by atoms with Gasteiger partial charge in [-0.2, -0.15) is 0 Å². The van der Waals surface area contributed by atoms with Crippen LogP contribution in [0.25, 0.3) is 0 Å². The maximum Gasteiger partial charge on any atom is 0.257 e. The topological polar surface area (TPSA) is 46.3 Å². The molecule has 1 aromatic rings. The molecule has 0 aromatic heterocycles. The number of rotatable bonds is 3. The maximum atomic E-state index is 14.0. The first-order valence-corrected chi connectivity index (χ1v) is 7.10. The van der Waals surface area contributed by atoms with Crippen LogP contribution in [0.5, 0.6) is 0 Å². The molecule has 1 fully saturated rings. The number of hydrogen-bond acceptors (Lipinski definition) is 2. The van der Waals surface area contributed by atoms with Crippen molar-refractivity contribution < 1.29 is 13.6 Å². The van der Waals surface area contributed by atoms with Gasteiger partial charge in [0.05, 0.1) is 11.3 Å². The highest BCUT2D eigenvalue weighted by Gasteiger charge is 2.27. The molecule has 20 heavy (non-hydrogen) atoms. The van der Waals surface area contributed by atoms with Gasteiger partial charge in [-0.25, -0.2) is 8.78 Å². The van der Waals surface area contributed by atoms with E-state index in [0.29, 0.717) is 6.54 Å². The van der Waals surface area contributed by atoms with Crippen molar-refractivity contribution in [2.24, 2.45) is 0 Å². The summed E-state index contributed by atoms with van der Waals surface area (Å²) in [6.45, 7) is 2.34. The zero-order valence-electron chi connectivity index (χ0n) is 11.7. The van der Waals surface area contributed by atoms with E-state index in [4.69, 9.17) is 5.73 Å². The third-order valence-electron chi connectivity index (χ3n) is 3.91. The Labute approximate surface area is 117 Å². The fourth-order valence-corrected chi connectivity index (χ4v) is 2.88. The Balaban J connectivity index is 2.28. The van der Waals surface area contributed by atoms with Gasteiger partial charge in [-0.1, -0.05) is 19.3 Å². The third-order valence-corrected chi connectivity index (χ3v) is 3.91. The fourth-order valence-electron chi connectivity index (χ4n) is 2.88. The zero-order valence-corrected chi connectivity index (χ0v) is 11.7. The minimum Gasteiger partial charge on any atom is -0.396 e. The van der Waals surface area contributed by atoms with E-state index in [1.54, 1.807) is 4.90 Å². The second-order valence-corrected chi connectivity index (χ2v) is 5.24. The fraction of sp³-hybridized carbons (Fsp3) is 0.533. The first kappa shape index (κ1) is 14.8. The van der Waals surface area contributed by atoms with Crippen LogP contribution in [0.15, 0.2) is 12.1 Å². The van der Waals surface area contributed by atoms with E-state index in [1.807, 2.05) is 6.92 Å². The Morgan fingerprint density at radius 2 is 1.95 bits per heavy atom. The highest BCUT2D eigenvalue weighted by molar-refractivity contribution is 5.95. The smallest absolute Gasteiger partial charge is 0.257 e. The summed E-state index contributed by atoms with van der Waals surface area (Å²) in [5.41, 5.74) is 4.80. The molecule has 0 atom stereocenters. The lowest BCUT2D eigenvalue weighted by atomic mass is 9.93. The number of amides is 1. The summed E-state index contributed by atoms with van der Waals surface area (Å²) in [6, 6.07) is 1.94. The predicted octanol–water partition coefficient (Wildman–Crippen LogP) is 3.34. The summed E-state index contributed by atoms with van der Waals surface area (Å²) in [6.07, 6.45) is 5.16. The largest absolute Gasteiger partial charge is 0.396 e. The Morgan fingerprint density at radius 1 is 1.30 bits per heavy atom. The van der Waals surface area contributed by atoms with E-state index >= 15 is 0 Å². The van der Waals surface area contributed by atoms with Crippen LogP contribution < -0.4 is 5.73 Å². The van der Waals surface area contributed by atoms with Crippen LogP contribution in [0.2, 0.25) is 0 Å². The summed E-state index contributed by atoms with van der Waals surface area (Å²) in [5, 5.41) is 0. The lowest BCUT2D eigenvalue weighted by Crippen LogP contribution is -2.41. The standard InChI is InChI=1S/C15H20F2N2O/c1-2-19(11-6-4-3-5-7-11)15(20)12-8-10(16)9-13(18)14(12)17/h8-9,11H,2-7,18H2,1H3. The van der Waals surface area contributed by atoms with E-state index < -0.39 is 17.5 Å². The molecule has 1 aromatic carbocycles. The van der Waals surface area contributed by atoms with Gasteiger partial charge in [-0.05, 0) is 31.9 Å². The highest BCUT2D eigenvalue weighted by Crippen LogP contribution is 2.26. The molecule has 1 amide bonds. The SMILES string of the molecule is CCN(C(=O)c1cc(F)cc(N)c1F)C1CCCCC1. The van der Waals surface area contributed by atoms with Gasteiger partial charge in [0.15, 0.2) is 5.82 Å². The molecule has 1 aliphatic rings. The van der Waals surface area contributed by atoms with Crippen molar-refractivity contribution in [3.63, 3.8) is 0 Å². The normalized spacial score (nSPS) is 16.1. The van der Waals surface area contributed by atoms with Gasteiger partial charge in [0.1, 0.15) is 5.82 Å². The van der Waals surface area contributed by atoms with Crippen LogP contribution >= 0.6 is 0 Å². The monoisotopic (exact) mass is 282 g/mol. The molecule has 0 bridgehead atoms. The van der Waals surface area contributed by atoms with Gasteiger partial charge in [-0.15, -0.1) is 0 Å². The van der Waals surface area contributed by atoms with Crippen molar-refractivity contribution in [1.82, 2.24) is 4.90 Å². The van der Waals surface area contributed by atoms with Gasteiger partial charge in [0, 0.05) is 12.6 Å². The minimum atomic E-state index is -0.828. The summed E-state index contributed by atoms with van der Waals surface area (Å²) in [5.74, 6) is -1.99. The highest BCUT2D eigenvalue weighted by atomic mass is 19.1. The molecule has 5 heteroatoms. The number of nitrogens with two attached hydrogens (primary N) is 1. The van der Waals surface area contributed by atoms with Crippen molar-refractivity contribution in [1.29, 1.82) is 0 Å². The molecule has 1 aliphatic carbocycles. The van der Waals surface area contributed by atoms with E-state index in [2.05, 4.69) is 0 Å². The molecular formula is C15H20F2N2O. The molecule has 0 spiro atoms. The Morgan fingerprint density at radius 3 is 2.55 bits per heavy atom. The molecule has 3 nitrogen and oxygen atoms in total. The molecule has 0 saturated heterocycles. The average molecular weight is 282 g/mol. The number of carbonyl (C=O) groups is 1. The van der Waals surface area contributed by atoms with Crippen molar-refractivity contribution in [3.05, 3.63) is 29.3 Å². The Kier molecular flexibility index (Phi) is 4.57. The number of nitrogen functional groups attached to an aromatic ring is 1. The van der Waals surface area contributed by atoms with Crippen LogP contribution in [0.4, 0.5) is 14.5 Å². The zero-order chi connectivity index (χ0) is 14.7. The van der Waals surface area contributed by atoms with Crippen LogP contribution in [0.1, 0.15) is 49.4 Å². The molecule has 2 rings (SSSR count). The van der Waals surface area contributed by atoms with Crippen LogP contribution in [-0.2, 0) is 0 Å². The maximum absolute atomic E-state index is 14.0. The number of nitrogens with zero attached hydrogens (tertiary/aromatic N) is 1. The number of halogens is 2. The molecule has 0 heterocycles.